The number of nitrogens with two attached hydrogens (primary N) is 1. The molecule has 0 aliphatic rings. The zero-order valence-corrected chi connectivity index (χ0v) is 9.27. The Labute approximate surface area is 93.7 Å². The monoisotopic (exact) mass is 218 g/mol. The lowest BCUT2D eigenvalue weighted by Gasteiger charge is -2.10. The summed E-state index contributed by atoms with van der Waals surface area (Å²) in [4.78, 5) is 8.29. The van der Waals surface area contributed by atoms with E-state index in [2.05, 4.69) is 15.3 Å². The molecule has 1 atom stereocenters. The first-order valence-electron chi connectivity index (χ1n) is 5.06. The van der Waals surface area contributed by atoms with Gasteiger partial charge >= 0.3 is 0 Å². The topological polar surface area (TPSA) is 77.0 Å². The van der Waals surface area contributed by atoms with Gasteiger partial charge in [-0.15, -0.1) is 0 Å². The lowest BCUT2D eigenvalue weighted by Crippen LogP contribution is -2.08. The number of aromatic nitrogens is 2. The predicted molar refractivity (Wildman–Crippen MR) is 61.9 cm³/mol. The fraction of sp³-hybridized carbons (Fsp3) is 0.273. The molecule has 0 fully saturated rings. The van der Waals surface area contributed by atoms with Crippen LogP contribution in [0.2, 0.25) is 0 Å². The van der Waals surface area contributed by atoms with Crippen molar-refractivity contribution in [3.63, 3.8) is 0 Å². The molecule has 5 nitrogen and oxygen atoms in total. The van der Waals surface area contributed by atoms with Crippen LogP contribution in [-0.4, -0.2) is 9.97 Å². The van der Waals surface area contributed by atoms with Crippen molar-refractivity contribution in [2.24, 2.45) is 0 Å². The Hall–Kier alpha value is -2.04. The first-order valence-corrected chi connectivity index (χ1v) is 5.06. The van der Waals surface area contributed by atoms with Gasteiger partial charge < -0.3 is 15.5 Å². The van der Waals surface area contributed by atoms with Crippen molar-refractivity contribution in [1.82, 2.24) is 9.97 Å². The Bertz CT molecular complexity index is 480. The van der Waals surface area contributed by atoms with Gasteiger partial charge in [0.1, 0.15) is 23.4 Å². The first-order chi connectivity index (χ1) is 7.65. The molecule has 2 aromatic rings. The number of hydrogen-bond donors (Lipinski definition) is 2. The van der Waals surface area contributed by atoms with Crippen LogP contribution >= 0.6 is 0 Å². The fourth-order valence-corrected chi connectivity index (χ4v) is 1.39. The van der Waals surface area contributed by atoms with Gasteiger partial charge in [0, 0.05) is 0 Å². The second kappa shape index (κ2) is 4.22. The Kier molecular flexibility index (Phi) is 2.76. The maximum atomic E-state index is 5.59. The number of rotatable bonds is 3. The van der Waals surface area contributed by atoms with Crippen molar-refractivity contribution in [3.05, 3.63) is 36.0 Å². The number of hydrogen-bond acceptors (Lipinski definition) is 5. The van der Waals surface area contributed by atoms with Crippen LogP contribution in [0.1, 0.15) is 24.6 Å². The van der Waals surface area contributed by atoms with E-state index in [9.17, 15) is 0 Å². The van der Waals surface area contributed by atoms with E-state index in [1.165, 1.54) is 0 Å². The molecule has 0 aliphatic carbocycles. The van der Waals surface area contributed by atoms with Crippen LogP contribution in [0.5, 0.6) is 0 Å². The predicted octanol–water partition coefficient (Wildman–Crippen LogP) is 2.13. The first kappa shape index (κ1) is 10.5. The van der Waals surface area contributed by atoms with Crippen LogP contribution < -0.4 is 11.1 Å². The normalized spacial score (nSPS) is 12.4. The van der Waals surface area contributed by atoms with E-state index < -0.39 is 0 Å². The van der Waals surface area contributed by atoms with Gasteiger partial charge in [-0.25, -0.2) is 9.97 Å². The van der Waals surface area contributed by atoms with Gasteiger partial charge in [-0.2, -0.15) is 0 Å². The zero-order chi connectivity index (χ0) is 11.5. The van der Waals surface area contributed by atoms with Crippen LogP contribution in [0.4, 0.5) is 11.6 Å². The Morgan fingerprint density at radius 2 is 2.25 bits per heavy atom. The average Bonchev–Trinajstić information content (AvgIpc) is 2.65. The molecule has 1 unspecified atom stereocenters. The Morgan fingerprint density at radius 1 is 1.44 bits per heavy atom. The van der Waals surface area contributed by atoms with E-state index in [1.54, 1.807) is 12.3 Å². The van der Waals surface area contributed by atoms with Crippen molar-refractivity contribution in [1.29, 1.82) is 0 Å². The molecule has 84 valence electrons. The minimum atomic E-state index is -0.0389. The lowest BCUT2D eigenvalue weighted by molar-refractivity contribution is 0.453. The number of nitrogens with one attached hydrogen (secondary N) is 1. The molecule has 0 saturated heterocycles. The van der Waals surface area contributed by atoms with E-state index in [1.807, 2.05) is 26.0 Å². The molecule has 0 aliphatic heterocycles. The summed E-state index contributed by atoms with van der Waals surface area (Å²) in [6, 6.07) is 5.40. The number of aryl methyl sites for hydroxylation is 1. The summed E-state index contributed by atoms with van der Waals surface area (Å²) in [7, 11) is 0. The summed E-state index contributed by atoms with van der Waals surface area (Å²) in [6.45, 7) is 3.82. The smallest absolute Gasteiger partial charge is 0.216 e. The Balaban J connectivity index is 2.10. The van der Waals surface area contributed by atoms with Gasteiger partial charge in [0.25, 0.3) is 0 Å². The molecule has 0 aromatic carbocycles. The second-order valence-electron chi connectivity index (χ2n) is 3.62. The number of anilines is 2. The largest absolute Gasteiger partial charge is 0.444 e. The molecule has 16 heavy (non-hydrogen) atoms. The number of pyridine rings is 1. The van der Waals surface area contributed by atoms with E-state index in [0.29, 0.717) is 17.5 Å². The van der Waals surface area contributed by atoms with Gasteiger partial charge in [-0.3, -0.25) is 0 Å². The minimum absolute atomic E-state index is 0.0389. The quantitative estimate of drug-likeness (QED) is 0.825. The van der Waals surface area contributed by atoms with Gasteiger partial charge in [-0.1, -0.05) is 6.07 Å². The maximum absolute atomic E-state index is 5.59. The number of oxazole rings is 1. The van der Waals surface area contributed by atoms with Crippen molar-refractivity contribution >= 4 is 11.6 Å². The van der Waals surface area contributed by atoms with Crippen molar-refractivity contribution in [3.8, 4) is 0 Å². The number of nitrogen functional groups attached to an aromatic ring is 1. The van der Waals surface area contributed by atoms with Crippen molar-refractivity contribution in [2.45, 2.75) is 19.9 Å². The van der Waals surface area contributed by atoms with Crippen molar-refractivity contribution < 1.29 is 4.42 Å². The molecule has 0 amide bonds. The SMILES string of the molecule is Cc1cnc(C(C)Nc2cccc(N)n2)o1. The van der Waals surface area contributed by atoms with E-state index >= 15 is 0 Å². The highest BCUT2D eigenvalue weighted by molar-refractivity contribution is 5.43. The molecule has 3 N–H and O–H groups in total. The van der Waals surface area contributed by atoms with Crippen molar-refractivity contribution in [2.75, 3.05) is 11.1 Å². The molecule has 2 aromatic heterocycles. The molecule has 0 saturated carbocycles. The van der Waals surface area contributed by atoms with Gasteiger partial charge in [0.15, 0.2) is 0 Å². The molecule has 2 heterocycles. The summed E-state index contributed by atoms with van der Waals surface area (Å²) in [5.74, 6) is 2.63. The molecule has 5 heteroatoms. The molecular weight excluding hydrogens is 204 g/mol. The van der Waals surface area contributed by atoms with Gasteiger partial charge in [0.05, 0.1) is 6.20 Å². The van der Waals surface area contributed by atoms with Crippen LogP contribution in [0.3, 0.4) is 0 Å². The van der Waals surface area contributed by atoms with Gasteiger partial charge in [-0.05, 0) is 26.0 Å². The number of nitrogens with zero attached hydrogens (tertiary/aromatic N) is 2. The Morgan fingerprint density at radius 3 is 2.88 bits per heavy atom. The highest BCUT2D eigenvalue weighted by Crippen LogP contribution is 2.17. The van der Waals surface area contributed by atoms with E-state index in [-0.39, 0.29) is 6.04 Å². The van der Waals surface area contributed by atoms with Crippen LogP contribution in [0.15, 0.2) is 28.8 Å². The third-order valence-corrected chi connectivity index (χ3v) is 2.14. The maximum Gasteiger partial charge on any atom is 0.216 e. The summed E-state index contributed by atoms with van der Waals surface area (Å²) in [6.07, 6.45) is 1.69. The molecule has 0 bridgehead atoms. The molecule has 2 rings (SSSR count). The summed E-state index contributed by atoms with van der Waals surface area (Å²) in [5, 5.41) is 3.16. The molecular formula is C11H14N4O. The van der Waals surface area contributed by atoms with Crippen LogP contribution in [-0.2, 0) is 0 Å². The van der Waals surface area contributed by atoms with Crippen LogP contribution in [0, 0.1) is 6.92 Å². The highest BCUT2D eigenvalue weighted by Gasteiger charge is 2.11. The fourth-order valence-electron chi connectivity index (χ4n) is 1.39. The average molecular weight is 218 g/mol. The summed E-state index contributed by atoms with van der Waals surface area (Å²) >= 11 is 0. The minimum Gasteiger partial charge on any atom is -0.444 e. The third-order valence-electron chi connectivity index (χ3n) is 2.14. The van der Waals surface area contributed by atoms with E-state index in [0.717, 1.165) is 5.76 Å². The standard InChI is InChI=1S/C11H14N4O/c1-7-6-13-11(16-7)8(2)14-10-5-3-4-9(12)15-10/h3-6,8H,1-2H3,(H3,12,14,15). The summed E-state index contributed by atoms with van der Waals surface area (Å²) in [5.41, 5.74) is 5.59. The van der Waals surface area contributed by atoms with Gasteiger partial charge in [0.2, 0.25) is 5.89 Å². The molecule has 0 radical (unpaired) electrons. The second-order valence-corrected chi connectivity index (χ2v) is 3.62. The lowest BCUT2D eigenvalue weighted by atomic mass is 10.3. The molecule has 0 spiro atoms. The highest BCUT2D eigenvalue weighted by atomic mass is 16.4. The third kappa shape index (κ3) is 2.31. The zero-order valence-electron chi connectivity index (χ0n) is 9.27. The van der Waals surface area contributed by atoms with E-state index in [4.69, 9.17) is 10.2 Å². The van der Waals surface area contributed by atoms with Crippen LogP contribution in [0.25, 0.3) is 0 Å². The summed E-state index contributed by atoms with van der Waals surface area (Å²) < 4.78 is 5.42.